The number of hydrogen-bond donors (Lipinski definition) is 1. The van der Waals surface area contributed by atoms with Gasteiger partial charge in [-0.15, -0.1) is 0 Å². The molecule has 0 spiro atoms. The molecule has 1 heterocycles. The highest BCUT2D eigenvalue weighted by Gasteiger charge is 2.36. The van der Waals surface area contributed by atoms with E-state index in [0.29, 0.717) is 29.0 Å². The first-order valence-corrected chi connectivity index (χ1v) is 12.6. The van der Waals surface area contributed by atoms with Gasteiger partial charge in [-0.2, -0.15) is 0 Å². The first kappa shape index (κ1) is 25.5. The first-order valence-electron chi connectivity index (χ1n) is 11.4. The fourth-order valence-corrected chi connectivity index (χ4v) is 4.46. The molecule has 4 rings (SSSR count). The number of imide groups is 1. The maximum atomic E-state index is 12.8. The molecule has 6 nitrogen and oxygen atoms in total. The quantitative estimate of drug-likeness (QED) is 0.334. The summed E-state index contributed by atoms with van der Waals surface area (Å²) in [6.45, 7) is 4.24. The molecule has 0 aromatic heterocycles. The van der Waals surface area contributed by atoms with E-state index < -0.39 is 17.1 Å². The summed E-state index contributed by atoms with van der Waals surface area (Å²) in [4.78, 5) is 38.9. The van der Waals surface area contributed by atoms with Crippen molar-refractivity contribution in [2.24, 2.45) is 0 Å². The van der Waals surface area contributed by atoms with Crippen molar-refractivity contribution in [1.82, 2.24) is 4.90 Å². The summed E-state index contributed by atoms with van der Waals surface area (Å²) in [5.41, 5.74) is 3.51. The summed E-state index contributed by atoms with van der Waals surface area (Å²) < 4.78 is 5.78. The number of halogens is 1. The number of amides is 3. The highest BCUT2D eigenvalue weighted by molar-refractivity contribution is 8.18. The zero-order valence-electron chi connectivity index (χ0n) is 19.9. The summed E-state index contributed by atoms with van der Waals surface area (Å²) >= 11 is 6.72. The largest absolute Gasteiger partial charge is 0.489 e. The normalized spacial score (nSPS) is 14.6. The number of rotatable bonds is 8. The van der Waals surface area contributed by atoms with Crippen LogP contribution in [-0.4, -0.2) is 28.5 Å². The lowest BCUT2D eigenvalue weighted by Crippen LogP contribution is -2.36. The first-order chi connectivity index (χ1) is 17.3. The Balaban J connectivity index is 1.33. The Labute approximate surface area is 219 Å². The monoisotopic (exact) mass is 520 g/mol. The summed E-state index contributed by atoms with van der Waals surface area (Å²) in [5, 5.41) is 2.94. The third-order valence-corrected chi connectivity index (χ3v) is 6.69. The van der Waals surface area contributed by atoms with E-state index in [1.165, 1.54) is 0 Å². The van der Waals surface area contributed by atoms with E-state index >= 15 is 0 Å². The Hall–Kier alpha value is -3.55. The summed E-state index contributed by atoms with van der Waals surface area (Å²) in [7, 11) is 0. The Kier molecular flexibility index (Phi) is 8.13. The molecule has 0 unspecified atom stereocenters. The van der Waals surface area contributed by atoms with E-state index in [1.54, 1.807) is 30.3 Å². The fourth-order valence-electron chi connectivity index (χ4n) is 3.49. The second-order valence-electron chi connectivity index (χ2n) is 8.58. The second-order valence-corrected chi connectivity index (χ2v) is 10.0. The molecule has 3 amide bonds. The molecule has 0 bridgehead atoms. The number of carbonyl (C=O) groups excluding carboxylic acids is 3. The number of anilines is 1. The summed E-state index contributed by atoms with van der Waals surface area (Å²) in [6, 6.07) is 22.1. The lowest BCUT2D eigenvalue weighted by atomic mass is 10.0. The van der Waals surface area contributed by atoms with Crippen LogP contribution in [0.15, 0.2) is 77.7 Å². The number of thioether (sulfide) groups is 1. The van der Waals surface area contributed by atoms with Crippen molar-refractivity contribution in [3.8, 4) is 5.75 Å². The molecule has 3 aromatic carbocycles. The van der Waals surface area contributed by atoms with Crippen molar-refractivity contribution in [3.63, 3.8) is 0 Å². The standard InChI is InChI=1S/C28H25ClN2O4S/c1-18(2)21-7-11-23(12-8-21)30-26(32)16-31-27(33)25(36-28(31)34)15-19-5-13-24(14-6-19)35-17-20-3-9-22(29)10-4-20/h3-15,18H,16-17H2,1-2H3,(H,30,32)/b25-15+. The number of hydrogen-bond acceptors (Lipinski definition) is 5. The highest BCUT2D eigenvalue weighted by atomic mass is 35.5. The minimum atomic E-state index is -0.488. The molecule has 1 saturated heterocycles. The van der Waals surface area contributed by atoms with E-state index in [2.05, 4.69) is 19.2 Å². The molecule has 1 aliphatic heterocycles. The van der Waals surface area contributed by atoms with Crippen molar-refractivity contribution in [2.75, 3.05) is 11.9 Å². The van der Waals surface area contributed by atoms with Crippen LogP contribution in [0, 0.1) is 0 Å². The third kappa shape index (κ3) is 6.56. The number of carbonyl (C=O) groups is 3. The molecule has 184 valence electrons. The SMILES string of the molecule is CC(C)c1ccc(NC(=O)CN2C(=O)S/C(=C/c3ccc(OCc4ccc(Cl)cc4)cc3)C2=O)cc1. The zero-order valence-corrected chi connectivity index (χ0v) is 21.4. The minimum absolute atomic E-state index is 0.268. The Bertz CT molecular complexity index is 1290. The van der Waals surface area contributed by atoms with Gasteiger partial charge in [0.1, 0.15) is 18.9 Å². The van der Waals surface area contributed by atoms with E-state index in [1.807, 2.05) is 48.5 Å². The van der Waals surface area contributed by atoms with Gasteiger partial charge in [0.25, 0.3) is 11.1 Å². The maximum Gasteiger partial charge on any atom is 0.294 e. The smallest absolute Gasteiger partial charge is 0.294 e. The number of nitrogens with zero attached hydrogens (tertiary/aromatic N) is 1. The van der Waals surface area contributed by atoms with Crippen LogP contribution < -0.4 is 10.1 Å². The van der Waals surface area contributed by atoms with Crippen LogP contribution in [0.3, 0.4) is 0 Å². The highest BCUT2D eigenvalue weighted by Crippen LogP contribution is 2.32. The average Bonchev–Trinajstić information content (AvgIpc) is 3.12. The molecule has 1 fully saturated rings. The predicted molar refractivity (Wildman–Crippen MR) is 144 cm³/mol. The molecule has 0 atom stereocenters. The molecule has 1 N–H and O–H groups in total. The van der Waals surface area contributed by atoms with Gasteiger partial charge in [0.15, 0.2) is 0 Å². The molecule has 1 aliphatic rings. The molecule has 0 saturated carbocycles. The molecular weight excluding hydrogens is 496 g/mol. The summed E-state index contributed by atoms with van der Waals surface area (Å²) in [6.07, 6.45) is 1.64. The zero-order chi connectivity index (χ0) is 25.7. The van der Waals surface area contributed by atoms with Crippen molar-refractivity contribution < 1.29 is 19.1 Å². The Morgan fingerprint density at radius 1 is 1.00 bits per heavy atom. The van der Waals surface area contributed by atoms with E-state index in [0.717, 1.165) is 33.4 Å². The van der Waals surface area contributed by atoms with Crippen LogP contribution in [0.1, 0.15) is 36.5 Å². The Morgan fingerprint density at radius 2 is 1.67 bits per heavy atom. The maximum absolute atomic E-state index is 12.8. The van der Waals surface area contributed by atoms with E-state index in [4.69, 9.17) is 16.3 Å². The van der Waals surface area contributed by atoms with Gasteiger partial charge < -0.3 is 10.1 Å². The summed E-state index contributed by atoms with van der Waals surface area (Å²) in [5.74, 6) is 0.139. The van der Waals surface area contributed by atoms with Gasteiger partial charge in [-0.05, 0) is 76.8 Å². The number of ether oxygens (including phenoxy) is 1. The fraction of sp³-hybridized carbons (Fsp3) is 0.179. The van der Waals surface area contributed by atoms with Crippen molar-refractivity contribution in [1.29, 1.82) is 0 Å². The van der Waals surface area contributed by atoms with Gasteiger partial charge in [0.05, 0.1) is 4.91 Å². The van der Waals surface area contributed by atoms with Crippen molar-refractivity contribution in [3.05, 3.63) is 99.4 Å². The molecule has 36 heavy (non-hydrogen) atoms. The second kappa shape index (κ2) is 11.5. The topological polar surface area (TPSA) is 75.7 Å². The Morgan fingerprint density at radius 3 is 2.31 bits per heavy atom. The molecule has 0 radical (unpaired) electrons. The minimum Gasteiger partial charge on any atom is -0.489 e. The van der Waals surface area contributed by atoms with Crippen LogP contribution in [0.25, 0.3) is 6.08 Å². The van der Waals surface area contributed by atoms with E-state index in [-0.39, 0.29) is 11.4 Å². The van der Waals surface area contributed by atoms with Gasteiger partial charge in [-0.3, -0.25) is 19.3 Å². The molecule has 3 aromatic rings. The lowest BCUT2D eigenvalue weighted by Gasteiger charge is -2.13. The van der Waals surface area contributed by atoms with Crippen molar-refractivity contribution in [2.45, 2.75) is 26.4 Å². The van der Waals surface area contributed by atoms with Gasteiger partial charge in [-0.25, -0.2) is 0 Å². The van der Waals surface area contributed by atoms with Gasteiger partial charge in [0.2, 0.25) is 5.91 Å². The van der Waals surface area contributed by atoms with Crippen LogP contribution in [0.5, 0.6) is 5.75 Å². The average molecular weight is 521 g/mol. The number of nitrogens with one attached hydrogen (secondary N) is 1. The molecule has 0 aliphatic carbocycles. The lowest BCUT2D eigenvalue weighted by molar-refractivity contribution is -0.127. The third-order valence-electron chi connectivity index (χ3n) is 5.53. The molecular formula is C28H25ClN2O4S. The van der Waals surface area contributed by atoms with Crippen LogP contribution in [-0.2, 0) is 16.2 Å². The van der Waals surface area contributed by atoms with Crippen LogP contribution in [0.2, 0.25) is 5.02 Å². The van der Waals surface area contributed by atoms with Crippen LogP contribution in [0.4, 0.5) is 10.5 Å². The van der Waals surface area contributed by atoms with Crippen molar-refractivity contribution >= 4 is 52.2 Å². The molecule has 8 heteroatoms. The van der Waals surface area contributed by atoms with E-state index in [9.17, 15) is 14.4 Å². The predicted octanol–water partition coefficient (Wildman–Crippen LogP) is 6.72. The van der Waals surface area contributed by atoms with Gasteiger partial charge in [-0.1, -0.05) is 61.8 Å². The number of benzene rings is 3. The van der Waals surface area contributed by atoms with Gasteiger partial charge in [0, 0.05) is 10.7 Å². The van der Waals surface area contributed by atoms with Crippen LogP contribution >= 0.6 is 23.4 Å². The van der Waals surface area contributed by atoms with Gasteiger partial charge >= 0.3 is 0 Å².